The first-order chi connectivity index (χ1) is 10.7. The summed E-state index contributed by atoms with van der Waals surface area (Å²) in [6.07, 6.45) is 8.74. The molecule has 3 heterocycles. The van der Waals surface area contributed by atoms with Crippen molar-refractivity contribution in [3.05, 3.63) is 36.9 Å². The zero-order valence-corrected chi connectivity index (χ0v) is 12.8. The number of aromatic nitrogens is 4. The molecule has 1 aliphatic heterocycles. The number of hydrogen-bond acceptors (Lipinski definition) is 4. The van der Waals surface area contributed by atoms with Crippen molar-refractivity contribution in [2.45, 2.75) is 37.9 Å². The summed E-state index contributed by atoms with van der Waals surface area (Å²) < 4.78 is 3.64. The molecule has 2 aromatic rings. The van der Waals surface area contributed by atoms with Crippen LogP contribution in [0.4, 0.5) is 0 Å². The number of carbonyl (C=O) groups excluding carboxylic acids is 1. The number of carbonyl (C=O) groups is 1. The van der Waals surface area contributed by atoms with E-state index in [0.29, 0.717) is 6.54 Å². The van der Waals surface area contributed by atoms with Crippen LogP contribution in [-0.4, -0.2) is 44.6 Å². The van der Waals surface area contributed by atoms with Gasteiger partial charge in [-0.3, -0.25) is 14.2 Å². The minimum atomic E-state index is -0.590. The molecular formula is C15H22N6O. The molecule has 1 saturated heterocycles. The van der Waals surface area contributed by atoms with Crippen LogP contribution in [0.5, 0.6) is 0 Å². The van der Waals surface area contributed by atoms with Crippen molar-refractivity contribution in [1.29, 1.82) is 0 Å². The van der Waals surface area contributed by atoms with E-state index in [4.69, 9.17) is 0 Å². The molecule has 118 valence electrons. The van der Waals surface area contributed by atoms with Crippen LogP contribution >= 0.6 is 0 Å². The first-order valence-electron chi connectivity index (χ1n) is 7.70. The summed E-state index contributed by atoms with van der Waals surface area (Å²) in [6.45, 7) is 4.30. The van der Waals surface area contributed by atoms with Crippen LogP contribution in [0.15, 0.2) is 36.9 Å². The van der Waals surface area contributed by atoms with Crippen LogP contribution in [-0.2, 0) is 16.9 Å². The van der Waals surface area contributed by atoms with Crippen LogP contribution in [0, 0.1) is 0 Å². The molecule has 0 bridgehead atoms. The summed E-state index contributed by atoms with van der Waals surface area (Å²) in [5.41, 5.74) is -0.590. The van der Waals surface area contributed by atoms with Gasteiger partial charge in [0, 0.05) is 30.8 Å². The fourth-order valence-electron chi connectivity index (χ4n) is 3.02. The number of nitrogens with zero attached hydrogens (tertiary/aromatic N) is 4. The molecule has 0 aliphatic carbocycles. The lowest BCUT2D eigenvalue weighted by molar-refractivity contribution is -0.132. The Hall–Kier alpha value is -2.15. The number of piperidine rings is 1. The summed E-state index contributed by atoms with van der Waals surface area (Å²) in [7, 11) is 0. The Labute approximate surface area is 129 Å². The molecule has 0 radical (unpaired) electrons. The molecule has 0 aromatic carbocycles. The fourth-order valence-corrected chi connectivity index (χ4v) is 3.02. The summed E-state index contributed by atoms with van der Waals surface area (Å²) in [5, 5.41) is 14.9. The average molecular weight is 302 g/mol. The van der Waals surface area contributed by atoms with Crippen LogP contribution in [0.25, 0.3) is 0 Å². The molecule has 0 saturated carbocycles. The van der Waals surface area contributed by atoms with Gasteiger partial charge in [0.1, 0.15) is 5.54 Å². The minimum absolute atomic E-state index is 0.00900. The van der Waals surface area contributed by atoms with Gasteiger partial charge < -0.3 is 10.6 Å². The molecule has 1 unspecified atom stereocenters. The zero-order chi connectivity index (χ0) is 15.4. The Morgan fingerprint density at radius 1 is 1.27 bits per heavy atom. The molecule has 1 aliphatic rings. The summed E-state index contributed by atoms with van der Waals surface area (Å²) >= 11 is 0. The van der Waals surface area contributed by atoms with Gasteiger partial charge in [0.2, 0.25) is 5.91 Å². The number of hydrogen-bond donors (Lipinski definition) is 2. The zero-order valence-electron chi connectivity index (χ0n) is 12.8. The molecule has 1 fully saturated rings. The largest absolute Gasteiger partial charge is 0.350 e. The van der Waals surface area contributed by atoms with Crippen molar-refractivity contribution in [1.82, 2.24) is 30.2 Å². The first kappa shape index (κ1) is 14.8. The maximum atomic E-state index is 12.9. The van der Waals surface area contributed by atoms with Crippen molar-refractivity contribution in [3.8, 4) is 0 Å². The van der Waals surface area contributed by atoms with Crippen LogP contribution in [0.1, 0.15) is 19.8 Å². The molecule has 22 heavy (non-hydrogen) atoms. The smallest absolute Gasteiger partial charge is 0.248 e. The van der Waals surface area contributed by atoms with Gasteiger partial charge in [0.05, 0.1) is 6.54 Å². The minimum Gasteiger partial charge on any atom is -0.350 e. The normalized spacial score (nSPS) is 18.8. The predicted octanol–water partition coefficient (Wildman–Crippen LogP) is 0.363. The number of rotatable bonds is 5. The lowest BCUT2D eigenvalue weighted by atomic mass is 9.87. The van der Waals surface area contributed by atoms with Gasteiger partial charge in [-0.25, -0.2) is 0 Å². The maximum Gasteiger partial charge on any atom is 0.248 e. The topological polar surface area (TPSA) is 76.8 Å². The molecule has 2 N–H and O–H groups in total. The van der Waals surface area contributed by atoms with Crippen molar-refractivity contribution in [2.24, 2.45) is 0 Å². The molecule has 0 spiro atoms. The van der Waals surface area contributed by atoms with Gasteiger partial charge in [-0.1, -0.05) is 0 Å². The summed E-state index contributed by atoms with van der Waals surface area (Å²) in [6, 6.07) is 3.76. The third kappa shape index (κ3) is 2.89. The lowest BCUT2D eigenvalue weighted by Gasteiger charge is -2.37. The summed E-state index contributed by atoms with van der Waals surface area (Å²) in [5.74, 6) is 0.0392. The van der Waals surface area contributed by atoms with Gasteiger partial charge in [-0.2, -0.15) is 10.2 Å². The predicted molar refractivity (Wildman–Crippen MR) is 82.1 cm³/mol. The Kier molecular flexibility index (Phi) is 4.24. The molecule has 2 aromatic heterocycles. The average Bonchev–Trinajstić information content (AvgIpc) is 3.21. The second-order valence-electron chi connectivity index (χ2n) is 5.83. The van der Waals surface area contributed by atoms with E-state index in [9.17, 15) is 4.79 Å². The fraction of sp³-hybridized carbons (Fsp3) is 0.533. The van der Waals surface area contributed by atoms with E-state index in [0.717, 1.165) is 25.9 Å². The van der Waals surface area contributed by atoms with Gasteiger partial charge in [-0.05, 0) is 45.0 Å². The highest BCUT2D eigenvalue weighted by molar-refractivity contribution is 5.84. The number of nitrogens with one attached hydrogen (secondary N) is 2. The summed E-state index contributed by atoms with van der Waals surface area (Å²) in [4.78, 5) is 12.9. The van der Waals surface area contributed by atoms with Gasteiger partial charge >= 0.3 is 0 Å². The highest BCUT2D eigenvalue weighted by Crippen LogP contribution is 2.27. The highest BCUT2D eigenvalue weighted by atomic mass is 16.2. The SMILES string of the molecule is CC(Cn1cccn1)NC(=O)C1(n2cccn2)CCNCC1. The first-order valence-corrected chi connectivity index (χ1v) is 7.70. The van der Waals surface area contributed by atoms with Crippen molar-refractivity contribution >= 4 is 5.91 Å². The Bertz CT molecular complexity index is 586. The van der Waals surface area contributed by atoms with Crippen molar-refractivity contribution in [2.75, 3.05) is 13.1 Å². The Balaban J connectivity index is 1.72. The Morgan fingerprint density at radius 3 is 2.64 bits per heavy atom. The van der Waals surface area contributed by atoms with Crippen LogP contribution in [0.3, 0.4) is 0 Å². The Morgan fingerprint density at radius 2 is 2.00 bits per heavy atom. The highest BCUT2D eigenvalue weighted by Gasteiger charge is 2.42. The molecule has 7 heteroatoms. The van der Waals surface area contributed by atoms with Crippen molar-refractivity contribution < 1.29 is 4.79 Å². The molecule has 1 amide bonds. The van der Waals surface area contributed by atoms with E-state index < -0.39 is 5.54 Å². The van der Waals surface area contributed by atoms with E-state index >= 15 is 0 Å². The van der Waals surface area contributed by atoms with Gasteiger partial charge in [0.25, 0.3) is 0 Å². The lowest BCUT2D eigenvalue weighted by Crippen LogP contribution is -2.56. The maximum absolute atomic E-state index is 12.9. The second-order valence-corrected chi connectivity index (χ2v) is 5.83. The second kappa shape index (κ2) is 6.31. The monoisotopic (exact) mass is 302 g/mol. The van der Waals surface area contributed by atoms with Crippen molar-refractivity contribution in [3.63, 3.8) is 0 Å². The van der Waals surface area contributed by atoms with Crippen LogP contribution in [0.2, 0.25) is 0 Å². The molecular weight excluding hydrogens is 280 g/mol. The van der Waals surface area contributed by atoms with Crippen LogP contribution < -0.4 is 10.6 Å². The number of amides is 1. The quantitative estimate of drug-likeness (QED) is 0.836. The standard InChI is InChI=1S/C15H22N6O/c1-13(12-20-10-2-6-17-20)19-14(22)15(4-8-16-9-5-15)21-11-3-7-18-21/h2-3,6-7,10-11,13,16H,4-5,8-9,12H2,1H3,(H,19,22). The van der Waals surface area contributed by atoms with E-state index in [-0.39, 0.29) is 11.9 Å². The van der Waals surface area contributed by atoms with E-state index in [1.165, 1.54) is 0 Å². The van der Waals surface area contributed by atoms with E-state index in [1.54, 1.807) is 12.4 Å². The van der Waals surface area contributed by atoms with Gasteiger partial charge in [0.15, 0.2) is 0 Å². The van der Waals surface area contributed by atoms with Gasteiger partial charge in [-0.15, -0.1) is 0 Å². The third-order valence-electron chi connectivity index (χ3n) is 4.19. The molecule has 7 nitrogen and oxygen atoms in total. The molecule has 3 rings (SSSR count). The van der Waals surface area contributed by atoms with E-state index in [2.05, 4.69) is 20.8 Å². The van der Waals surface area contributed by atoms with E-state index in [1.807, 2.05) is 40.8 Å². The third-order valence-corrected chi connectivity index (χ3v) is 4.19. The molecule has 1 atom stereocenters.